The summed E-state index contributed by atoms with van der Waals surface area (Å²) < 4.78 is 5.03. The second-order valence-corrected chi connectivity index (χ2v) is 6.93. The Labute approximate surface area is 167 Å². The van der Waals surface area contributed by atoms with Gasteiger partial charge in [-0.15, -0.1) is 6.58 Å². The summed E-state index contributed by atoms with van der Waals surface area (Å²) in [6.07, 6.45) is 1.73. The molecule has 0 saturated heterocycles. The molecule has 1 aromatic carbocycles. The molecule has 0 unspecified atom stereocenters. The van der Waals surface area contributed by atoms with Crippen LogP contribution < -0.4 is 10.6 Å². The summed E-state index contributed by atoms with van der Waals surface area (Å²) in [5.74, 6) is 0.683. The van der Waals surface area contributed by atoms with Crippen LogP contribution in [-0.2, 0) is 4.79 Å². The van der Waals surface area contributed by atoms with E-state index in [0.29, 0.717) is 33.8 Å². The molecular formula is C19H19ClN4O2S. The second kappa shape index (κ2) is 7.94. The third-order valence-electron chi connectivity index (χ3n) is 4.23. The van der Waals surface area contributed by atoms with Crippen LogP contribution in [-0.4, -0.2) is 27.6 Å². The van der Waals surface area contributed by atoms with Crippen molar-refractivity contribution in [3.63, 3.8) is 0 Å². The number of allylic oxidation sites excluding steroid dienone is 1. The van der Waals surface area contributed by atoms with E-state index in [0.717, 1.165) is 11.3 Å². The van der Waals surface area contributed by atoms with Gasteiger partial charge >= 0.3 is 0 Å². The zero-order valence-electron chi connectivity index (χ0n) is 15.0. The Morgan fingerprint density at radius 1 is 1.44 bits per heavy atom. The highest BCUT2D eigenvalue weighted by molar-refractivity contribution is 7.80. The number of halogens is 1. The Hall–Kier alpha value is -2.64. The van der Waals surface area contributed by atoms with E-state index in [4.69, 9.17) is 28.3 Å². The molecule has 1 amide bonds. The van der Waals surface area contributed by atoms with E-state index in [1.54, 1.807) is 31.2 Å². The van der Waals surface area contributed by atoms with Crippen LogP contribution in [0.5, 0.6) is 0 Å². The number of hydrogen-bond donors (Lipinski definition) is 2. The molecule has 2 heterocycles. The van der Waals surface area contributed by atoms with Crippen molar-refractivity contribution in [2.75, 3.05) is 11.9 Å². The van der Waals surface area contributed by atoms with Crippen molar-refractivity contribution >= 4 is 40.7 Å². The summed E-state index contributed by atoms with van der Waals surface area (Å²) in [7, 11) is 0. The number of nitrogens with one attached hydrogen (secondary N) is 2. The van der Waals surface area contributed by atoms with E-state index in [2.05, 4.69) is 22.4 Å². The van der Waals surface area contributed by atoms with E-state index in [-0.39, 0.29) is 5.91 Å². The van der Waals surface area contributed by atoms with Crippen molar-refractivity contribution in [1.29, 1.82) is 0 Å². The van der Waals surface area contributed by atoms with Gasteiger partial charge in [0.15, 0.2) is 10.9 Å². The molecule has 2 N–H and O–H groups in total. The summed E-state index contributed by atoms with van der Waals surface area (Å²) in [4.78, 5) is 14.9. The molecule has 6 nitrogen and oxygen atoms in total. The van der Waals surface area contributed by atoms with Crippen molar-refractivity contribution in [2.45, 2.75) is 19.9 Å². The van der Waals surface area contributed by atoms with E-state index in [1.165, 1.54) is 0 Å². The highest BCUT2D eigenvalue weighted by atomic mass is 35.5. The smallest absolute Gasteiger partial charge is 0.257 e. The minimum Gasteiger partial charge on any atom is -0.360 e. The van der Waals surface area contributed by atoms with E-state index >= 15 is 0 Å². The molecule has 140 valence electrons. The molecular weight excluding hydrogens is 384 g/mol. The molecule has 1 atom stereocenters. The topological polar surface area (TPSA) is 70.4 Å². The average molecular weight is 403 g/mol. The molecule has 0 fully saturated rings. The third kappa shape index (κ3) is 4.04. The van der Waals surface area contributed by atoms with Crippen LogP contribution in [0.15, 0.2) is 58.8 Å². The maximum Gasteiger partial charge on any atom is 0.257 e. The Balaban J connectivity index is 2.02. The van der Waals surface area contributed by atoms with Gasteiger partial charge in [0.1, 0.15) is 5.76 Å². The predicted octanol–water partition coefficient (Wildman–Crippen LogP) is 3.97. The van der Waals surface area contributed by atoms with Crippen LogP contribution in [0.2, 0.25) is 5.02 Å². The summed E-state index contributed by atoms with van der Waals surface area (Å²) in [5, 5.41) is 11.0. The number of nitrogens with zero attached hydrogens (tertiary/aromatic N) is 2. The molecule has 1 aliphatic rings. The second-order valence-electron chi connectivity index (χ2n) is 6.11. The first-order valence-electron chi connectivity index (χ1n) is 8.30. The number of amides is 1. The number of benzene rings is 1. The first-order valence-corrected chi connectivity index (χ1v) is 9.09. The number of hydrogen-bond acceptors (Lipinski definition) is 4. The fraction of sp³-hybridized carbons (Fsp3) is 0.211. The lowest BCUT2D eigenvalue weighted by Gasteiger charge is -2.37. The van der Waals surface area contributed by atoms with Gasteiger partial charge in [-0.1, -0.05) is 35.0 Å². The van der Waals surface area contributed by atoms with Gasteiger partial charge in [0.05, 0.1) is 11.6 Å². The van der Waals surface area contributed by atoms with Gasteiger partial charge in [0, 0.05) is 23.3 Å². The maximum absolute atomic E-state index is 13.1. The number of anilines is 1. The van der Waals surface area contributed by atoms with Gasteiger partial charge < -0.3 is 20.1 Å². The van der Waals surface area contributed by atoms with Crippen molar-refractivity contribution in [3.8, 4) is 0 Å². The van der Waals surface area contributed by atoms with Gasteiger partial charge in [-0.05, 0) is 43.8 Å². The molecule has 0 saturated carbocycles. The normalized spacial score (nSPS) is 16.9. The lowest BCUT2D eigenvalue weighted by molar-refractivity contribution is -0.113. The molecule has 8 heteroatoms. The SMILES string of the molecule is C=CCN1C(=S)N[C@@H](c2ccc(Cl)cc2)C(C(=O)Nc2cc(C)on2)=C1C. The Morgan fingerprint density at radius 3 is 2.74 bits per heavy atom. The third-order valence-corrected chi connectivity index (χ3v) is 4.82. The first-order chi connectivity index (χ1) is 12.9. The van der Waals surface area contributed by atoms with Gasteiger partial charge in [-0.3, -0.25) is 4.79 Å². The minimum absolute atomic E-state index is 0.287. The molecule has 3 rings (SSSR count). The molecule has 0 spiro atoms. The average Bonchev–Trinajstić information content (AvgIpc) is 3.03. The van der Waals surface area contributed by atoms with Crippen molar-refractivity contribution in [2.24, 2.45) is 0 Å². The van der Waals surface area contributed by atoms with Gasteiger partial charge in [0.25, 0.3) is 5.91 Å². The molecule has 1 aliphatic heterocycles. The van der Waals surface area contributed by atoms with Crippen LogP contribution in [0.1, 0.15) is 24.3 Å². The zero-order valence-corrected chi connectivity index (χ0v) is 16.5. The largest absolute Gasteiger partial charge is 0.360 e. The van der Waals surface area contributed by atoms with Crippen LogP contribution in [0.4, 0.5) is 5.82 Å². The van der Waals surface area contributed by atoms with Gasteiger partial charge in [-0.25, -0.2) is 0 Å². The molecule has 0 aliphatic carbocycles. The zero-order chi connectivity index (χ0) is 19.6. The number of aromatic nitrogens is 1. The molecule has 27 heavy (non-hydrogen) atoms. The quantitative estimate of drug-likeness (QED) is 0.582. The lowest BCUT2D eigenvalue weighted by atomic mass is 9.94. The lowest BCUT2D eigenvalue weighted by Crippen LogP contribution is -2.48. The molecule has 1 aromatic heterocycles. The number of carbonyl (C=O) groups excluding carboxylic acids is 1. The summed E-state index contributed by atoms with van der Waals surface area (Å²) in [6, 6.07) is 8.55. The van der Waals surface area contributed by atoms with E-state index in [9.17, 15) is 4.79 Å². The Morgan fingerprint density at radius 2 is 2.15 bits per heavy atom. The highest BCUT2D eigenvalue weighted by Crippen LogP contribution is 2.32. The van der Waals surface area contributed by atoms with E-state index in [1.807, 2.05) is 24.0 Å². The standard InChI is InChI=1S/C19H19ClN4O2S/c1-4-9-24-12(3)16(18(25)21-15-10-11(2)26-23-15)17(22-19(24)27)13-5-7-14(20)8-6-13/h4-8,10,17H,1,9H2,2-3H3,(H,22,27)(H,21,23,25)/t17-/m0/s1. The summed E-state index contributed by atoms with van der Waals surface area (Å²) in [5.41, 5.74) is 2.16. The monoisotopic (exact) mass is 402 g/mol. The highest BCUT2D eigenvalue weighted by Gasteiger charge is 2.33. The first kappa shape index (κ1) is 19.1. The van der Waals surface area contributed by atoms with Gasteiger partial charge in [0.2, 0.25) is 0 Å². The Bertz CT molecular complexity index is 920. The number of aryl methyl sites for hydroxylation is 1. The summed E-state index contributed by atoms with van der Waals surface area (Å²) >= 11 is 11.5. The minimum atomic E-state index is -0.413. The van der Waals surface area contributed by atoms with Gasteiger partial charge in [-0.2, -0.15) is 0 Å². The van der Waals surface area contributed by atoms with E-state index < -0.39 is 6.04 Å². The van der Waals surface area contributed by atoms with Crippen molar-refractivity contribution < 1.29 is 9.32 Å². The van der Waals surface area contributed by atoms with Crippen molar-refractivity contribution in [3.05, 3.63) is 70.6 Å². The van der Waals surface area contributed by atoms with Crippen LogP contribution in [0.3, 0.4) is 0 Å². The molecule has 2 aromatic rings. The number of rotatable bonds is 5. The maximum atomic E-state index is 13.1. The fourth-order valence-electron chi connectivity index (χ4n) is 2.94. The summed E-state index contributed by atoms with van der Waals surface area (Å²) in [6.45, 7) is 7.88. The number of thiocarbonyl (C=S) groups is 1. The number of carbonyl (C=O) groups is 1. The predicted molar refractivity (Wildman–Crippen MR) is 109 cm³/mol. The van der Waals surface area contributed by atoms with Crippen molar-refractivity contribution in [1.82, 2.24) is 15.4 Å². The molecule has 0 bridgehead atoms. The molecule has 0 radical (unpaired) electrons. The van der Waals surface area contributed by atoms with Crippen LogP contribution in [0, 0.1) is 6.92 Å². The van der Waals surface area contributed by atoms with Crippen LogP contribution >= 0.6 is 23.8 Å². The Kier molecular flexibility index (Phi) is 5.62. The van der Waals surface area contributed by atoms with Crippen LogP contribution in [0.25, 0.3) is 0 Å². The fourth-order valence-corrected chi connectivity index (χ4v) is 3.39.